The summed E-state index contributed by atoms with van der Waals surface area (Å²) >= 11 is 0. The van der Waals surface area contributed by atoms with Crippen LogP contribution in [0.1, 0.15) is 74.6 Å². The summed E-state index contributed by atoms with van der Waals surface area (Å²) < 4.78 is 14.9. The van der Waals surface area contributed by atoms with E-state index in [1.54, 1.807) is 0 Å². The van der Waals surface area contributed by atoms with Gasteiger partial charge < -0.3 is 0 Å². The minimum absolute atomic E-state index is 0.0808. The highest BCUT2D eigenvalue weighted by Gasteiger charge is 2.07. The van der Waals surface area contributed by atoms with Gasteiger partial charge in [-0.25, -0.2) is 4.39 Å². The van der Waals surface area contributed by atoms with E-state index in [-0.39, 0.29) is 5.82 Å². The van der Waals surface area contributed by atoms with Gasteiger partial charge in [0, 0.05) is 16.5 Å². The Bertz CT molecular complexity index is 1300. The van der Waals surface area contributed by atoms with Crippen molar-refractivity contribution in [1.29, 1.82) is 0 Å². The summed E-state index contributed by atoms with van der Waals surface area (Å²) in [6.07, 6.45) is 9.08. The summed E-state index contributed by atoms with van der Waals surface area (Å²) in [6, 6.07) is 27.0. The van der Waals surface area contributed by atoms with Crippen LogP contribution in [0.4, 0.5) is 4.39 Å². The molecule has 1 heteroatoms. The summed E-state index contributed by atoms with van der Waals surface area (Å²) in [7, 11) is 0. The first-order chi connectivity index (χ1) is 17.2. The van der Waals surface area contributed by atoms with Crippen molar-refractivity contribution in [3.05, 3.63) is 107 Å². The molecule has 0 bridgehead atoms. The molecule has 0 fully saturated rings. The fourth-order valence-electron chi connectivity index (χ4n) is 4.51. The first-order valence-electron chi connectivity index (χ1n) is 13.1. The van der Waals surface area contributed by atoms with Crippen LogP contribution in [-0.2, 0) is 12.8 Å². The highest BCUT2D eigenvalue weighted by Crippen LogP contribution is 2.24. The van der Waals surface area contributed by atoms with E-state index < -0.39 is 0 Å². The highest BCUT2D eigenvalue weighted by molar-refractivity contribution is 5.85. The second kappa shape index (κ2) is 12.4. The first-order valence-corrected chi connectivity index (χ1v) is 13.1. The van der Waals surface area contributed by atoms with E-state index in [9.17, 15) is 4.39 Å². The molecule has 4 aromatic carbocycles. The zero-order valence-corrected chi connectivity index (χ0v) is 21.0. The summed E-state index contributed by atoms with van der Waals surface area (Å²) in [4.78, 5) is 0. The first kappa shape index (κ1) is 24.7. The van der Waals surface area contributed by atoms with Gasteiger partial charge in [0.1, 0.15) is 5.82 Å². The van der Waals surface area contributed by atoms with E-state index in [0.717, 1.165) is 54.2 Å². The number of rotatable bonds is 9. The Labute approximate surface area is 210 Å². The Morgan fingerprint density at radius 3 is 1.89 bits per heavy atom. The normalized spacial score (nSPS) is 10.8. The van der Waals surface area contributed by atoms with E-state index >= 15 is 0 Å². The van der Waals surface area contributed by atoms with E-state index in [4.69, 9.17) is 0 Å². The van der Waals surface area contributed by atoms with Gasteiger partial charge in [0.05, 0.1) is 0 Å². The second-order valence-corrected chi connectivity index (χ2v) is 9.41. The van der Waals surface area contributed by atoms with Gasteiger partial charge in [0.15, 0.2) is 0 Å². The molecule has 0 saturated heterocycles. The van der Waals surface area contributed by atoms with Gasteiger partial charge in [-0.05, 0) is 77.6 Å². The molecule has 0 nitrogen and oxygen atoms in total. The SMILES string of the molecule is CCCCCc1ccc(-c2ccc(C#Cc3ccc4c(F)c(CCCCC)ccc4c3)cc2)cc1. The molecule has 0 radical (unpaired) electrons. The molecule has 0 aliphatic rings. The van der Waals surface area contributed by atoms with Crippen molar-refractivity contribution in [2.75, 3.05) is 0 Å². The van der Waals surface area contributed by atoms with Gasteiger partial charge in [0.25, 0.3) is 0 Å². The molecule has 0 N–H and O–H groups in total. The maximum atomic E-state index is 14.9. The van der Waals surface area contributed by atoms with E-state index in [0.29, 0.717) is 5.39 Å². The zero-order chi connectivity index (χ0) is 24.5. The fourth-order valence-corrected chi connectivity index (χ4v) is 4.51. The summed E-state index contributed by atoms with van der Waals surface area (Å²) in [5, 5.41) is 1.59. The van der Waals surface area contributed by atoms with Crippen molar-refractivity contribution >= 4 is 10.8 Å². The molecule has 0 saturated carbocycles. The Morgan fingerprint density at radius 1 is 0.600 bits per heavy atom. The number of benzene rings is 4. The predicted octanol–water partition coefficient (Wildman–Crippen LogP) is 9.51. The molecule has 0 aliphatic heterocycles. The second-order valence-electron chi connectivity index (χ2n) is 9.41. The van der Waals surface area contributed by atoms with Gasteiger partial charge in [0.2, 0.25) is 0 Å². The van der Waals surface area contributed by atoms with Gasteiger partial charge in [-0.15, -0.1) is 0 Å². The van der Waals surface area contributed by atoms with Crippen molar-refractivity contribution in [2.24, 2.45) is 0 Å². The molecule has 0 aromatic heterocycles. The lowest BCUT2D eigenvalue weighted by Gasteiger charge is -2.07. The van der Waals surface area contributed by atoms with Crippen LogP contribution < -0.4 is 0 Å². The highest BCUT2D eigenvalue weighted by atomic mass is 19.1. The maximum Gasteiger partial charge on any atom is 0.134 e. The van der Waals surface area contributed by atoms with Crippen LogP contribution in [0.3, 0.4) is 0 Å². The minimum atomic E-state index is -0.0808. The largest absolute Gasteiger partial charge is 0.206 e. The molecule has 35 heavy (non-hydrogen) atoms. The van der Waals surface area contributed by atoms with Gasteiger partial charge in [-0.3, -0.25) is 0 Å². The van der Waals surface area contributed by atoms with Crippen molar-refractivity contribution in [1.82, 2.24) is 0 Å². The lowest BCUT2D eigenvalue weighted by Crippen LogP contribution is -1.93. The standard InChI is InChI=1S/C34H35F/c1-3-5-7-9-26-13-18-29(19-14-26)30-20-15-27(16-21-30)11-12-28-17-24-33-32(25-28)23-22-31(34(33)35)10-8-6-4-2/h13-25H,3-10H2,1-2H3. The summed E-state index contributed by atoms with van der Waals surface area (Å²) in [5.74, 6) is 6.43. The Hall–Kier alpha value is -3.37. The molecule has 0 heterocycles. The van der Waals surface area contributed by atoms with Gasteiger partial charge in [-0.1, -0.05) is 106 Å². The molecule has 0 amide bonds. The van der Waals surface area contributed by atoms with E-state index in [2.05, 4.69) is 74.2 Å². The van der Waals surface area contributed by atoms with Crippen LogP contribution in [0.15, 0.2) is 78.9 Å². The maximum absolute atomic E-state index is 14.9. The van der Waals surface area contributed by atoms with Crippen molar-refractivity contribution in [3.63, 3.8) is 0 Å². The molecule has 4 aromatic rings. The number of fused-ring (bicyclic) bond motifs is 1. The summed E-state index contributed by atoms with van der Waals surface area (Å²) in [5.41, 5.74) is 6.53. The van der Waals surface area contributed by atoms with Crippen molar-refractivity contribution in [2.45, 2.75) is 65.2 Å². The summed E-state index contributed by atoms with van der Waals surface area (Å²) in [6.45, 7) is 4.41. The molecular formula is C34H35F. The van der Waals surface area contributed by atoms with Crippen molar-refractivity contribution in [3.8, 4) is 23.0 Å². The van der Waals surface area contributed by atoms with Crippen LogP contribution in [0, 0.1) is 17.7 Å². The van der Waals surface area contributed by atoms with Gasteiger partial charge >= 0.3 is 0 Å². The van der Waals surface area contributed by atoms with E-state index in [1.807, 2.05) is 30.3 Å². The van der Waals surface area contributed by atoms with Crippen LogP contribution in [0.2, 0.25) is 0 Å². The molecular weight excluding hydrogens is 427 g/mol. The number of unbranched alkanes of at least 4 members (excludes halogenated alkanes) is 4. The average molecular weight is 463 g/mol. The fraction of sp³-hybridized carbons (Fsp3) is 0.294. The average Bonchev–Trinajstić information content (AvgIpc) is 2.90. The smallest absolute Gasteiger partial charge is 0.134 e. The number of hydrogen-bond acceptors (Lipinski definition) is 0. The van der Waals surface area contributed by atoms with Gasteiger partial charge in [-0.2, -0.15) is 0 Å². The third-order valence-electron chi connectivity index (χ3n) is 6.68. The topological polar surface area (TPSA) is 0 Å². The predicted molar refractivity (Wildman–Crippen MR) is 148 cm³/mol. The van der Waals surface area contributed by atoms with E-state index in [1.165, 1.54) is 36.0 Å². The molecule has 0 atom stereocenters. The third-order valence-corrected chi connectivity index (χ3v) is 6.68. The Morgan fingerprint density at radius 2 is 1.20 bits per heavy atom. The molecule has 0 aliphatic carbocycles. The lowest BCUT2D eigenvalue weighted by molar-refractivity contribution is 0.609. The quantitative estimate of drug-likeness (QED) is 0.172. The van der Waals surface area contributed by atoms with Crippen LogP contribution in [-0.4, -0.2) is 0 Å². The number of hydrogen-bond donors (Lipinski definition) is 0. The molecule has 4 rings (SSSR count). The Kier molecular flexibility index (Phi) is 8.74. The zero-order valence-electron chi connectivity index (χ0n) is 21.0. The third kappa shape index (κ3) is 6.61. The number of halogens is 1. The lowest BCUT2D eigenvalue weighted by atomic mass is 9.99. The minimum Gasteiger partial charge on any atom is -0.206 e. The molecule has 178 valence electrons. The molecule has 0 unspecified atom stereocenters. The molecule has 0 spiro atoms. The Balaban J connectivity index is 1.44. The monoisotopic (exact) mass is 462 g/mol. The van der Waals surface area contributed by atoms with Crippen LogP contribution in [0.25, 0.3) is 21.9 Å². The number of aryl methyl sites for hydroxylation is 2. The van der Waals surface area contributed by atoms with Crippen molar-refractivity contribution < 1.29 is 4.39 Å². The van der Waals surface area contributed by atoms with Crippen LogP contribution in [0.5, 0.6) is 0 Å². The van der Waals surface area contributed by atoms with Crippen LogP contribution >= 0.6 is 0 Å².